The van der Waals surface area contributed by atoms with E-state index in [1.165, 1.54) is 0 Å². The van der Waals surface area contributed by atoms with E-state index < -0.39 is 5.97 Å². The number of hydrogen-bond donors (Lipinski definition) is 1. The van der Waals surface area contributed by atoms with Gasteiger partial charge >= 0.3 is 5.97 Å². The molecule has 0 atom stereocenters. The van der Waals surface area contributed by atoms with Crippen molar-refractivity contribution in [2.45, 2.75) is 12.8 Å². The van der Waals surface area contributed by atoms with E-state index in [9.17, 15) is 4.79 Å². The Kier molecular flexibility index (Phi) is 3.55. The maximum absolute atomic E-state index is 11.0. The van der Waals surface area contributed by atoms with E-state index in [0.29, 0.717) is 31.8 Å². The van der Waals surface area contributed by atoms with Gasteiger partial charge in [0.15, 0.2) is 5.82 Å². The second kappa shape index (κ2) is 5.51. The van der Waals surface area contributed by atoms with Gasteiger partial charge in [-0.15, -0.1) is 0 Å². The minimum atomic E-state index is -0.701. The van der Waals surface area contributed by atoms with E-state index in [0.717, 1.165) is 11.5 Å². The Labute approximate surface area is 122 Å². The molecule has 0 spiro atoms. The summed E-state index contributed by atoms with van der Waals surface area (Å²) >= 11 is 0. The molecule has 0 bridgehead atoms. The van der Waals surface area contributed by atoms with Crippen molar-refractivity contribution < 1.29 is 9.90 Å². The first-order chi connectivity index (χ1) is 10.1. The molecule has 0 radical (unpaired) electrons. The zero-order valence-electron chi connectivity index (χ0n) is 11.8. The first-order valence-corrected chi connectivity index (χ1v) is 6.94. The summed E-state index contributed by atoms with van der Waals surface area (Å²) in [6.07, 6.45) is 4.75. The number of hydrogen-bond acceptors (Lipinski definition) is 5. The minimum absolute atomic E-state index is 0.236. The highest BCUT2D eigenvalue weighted by atomic mass is 16.4. The predicted octanol–water partition coefficient (Wildman–Crippen LogP) is 1.18. The predicted molar refractivity (Wildman–Crippen MR) is 76.8 cm³/mol. The monoisotopic (exact) mass is 287 g/mol. The van der Waals surface area contributed by atoms with E-state index in [1.54, 1.807) is 17.1 Å². The normalized spacial score (nSPS) is 16.1. The number of nitrogens with zero attached hydrogens (tertiary/aromatic N) is 5. The van der Waals surface area contributed by atoms with E-state index in [2.05, 4.69) is 20.0 Å². The Bertz CT molecular complexity index is 646. The van der Waals surface area contributed by atoms with Gasteiger partial charge in [-0.3, -0.25) is 9.48 Å². The van der Waals surface area contributed by atoms with Gasteiger partial charge in [0.25, 0.3) is 0 Å². The molecule has 3 rings (SSSR count). The molecule has 0 saturated carbocycles. The third-order valence-electron chi connectivity index (χ3n) is 3.86. The number of aryl methyl sites for hydroxylation is 1. The van der Waals surface area contributed by atoms with Gasteiger partial charge in [0.1, 0.15) is 11.5 Å². The fourth-order valence-corrected chi connectivity index (χ4v) is 2.60. The summed E-state index contributed by atoms with van der Waals surface area (Å²) in [6.45, 7) is 1.41. The van der Waals surface area contributed by atoms with E-state index >= 15 is 0 Å². The number of anilines is 1. The maximum Gasteiger partial charge on any atom is 0.306 e. The number of carboxylic acids is 1. The molecule has 0 aliphatic carbocycles. The number of carbonyl (C=O) groups is 1. The summed E-state index contributed by atoms with van der Waals surface area (Å²) in [5.41, 5.74) is 0.859. The molecule has 21 heavy (non-hydrogen) atoms. The number of rotatable bonds is 3. The SMILES string of the molecule is Cn1nccc1-c1nccc(N2CCC(C(=O)O)CC2)n1. The van der Waals surface area contributed by atoms with Gasteiger partial charge in [0, 0.05) is 32.5 Å². The van der Waals surface area contributed by atoms with Crippen LogP contribution in [0.2, 0.25) is 0 Å². The zero-order valence-corrected chi connectivity index (χ0v) is 11.8. The molecule has 0 amide bonds. The van der Waals surface area contributed by atoms with Gasteiger partial charge in [0.2, 0.25) is 0 Å². The fraction of sp³-hybridized carbons (Fsp3) is 0.429. The first kappa shape index (κ1) is 13.5. The highest BCUT2D eigenvalue weighted by Gasteiger charge is 2.25. The zero-order chi connectivity index (χ0) is 14.8. The van der Waals surface area contributed by atoms with Crippen molar-refractivity contribution in [1.29, 1.82) is 0 Å². The van der Waals surface area contributed by atoms with Crippen molar-refractivity contribution in [1.82, 2.24) is 19.7 Å². The summed E-state index contributed by atoms with van der Waals surface area (Å²) < 4.78 is 1.73. The molecule has 1 saturated heterocycles. The lowest BCUT2D eigenvalue weighted by Gasteiger charge is -2.31. The molecule has 3 heterocycles. The molecule has 2 aromatic rings. The van der Waals surface area contributed by atoms with Crippen LogP contribution < -0.4 is 4.90 Å². The second-order valence-corrected chi connectivity index (χ2v) is 5.18. The molecule has 2 aromatic heterocycles. The lowest BCUT2D eigenvalue weighted by Crippen LogP contribution is -2.36. The third-order valence-corrected chi connectivity index (χ3v) is 3.86. The lowest BCUT2D eigenvalue weighted by atomic mass is 9.97. The topological polar surface area (TPSA) is 84.1 Å². The van der Waals surface area contributed by atoms with Crippen LogP contribution in [0.15, 0.2) is 24.5 Å². The Morgan fingerprint density at radius 3 is 2.67 bits per heavy atom. The van der Waals surface area contributed by atoms with E-state index in [1.807, 2.05) is 19.2 Å². The van der Waals surface area contributed by atoms with Crippen molar-refractivity contribution in [3.63, 3.8) is 0 Å². The highest BCUT2D eigenvalue weighted by molar-refractivity contribution is 5.70. The maximum atomic E-state index is 11.0. The molecule has 1 N–H and O–H groups in total. The van der Waals surface area contributed by atoms with Gasteiger partial charge in [-0.2, -0.15) is 5.10 Å². The van der Waals surface area contributed by atoms with Crippen molar-refractivity contribution >= 4 is 11.8 Å². The molecule has 7 nitrogen and oxygen atoms in total. The van der Waals surface area contributed by atoms with Crippen LogP contribution in [0.1, 0.15) is 12.8 Å². The molecule has 1 fully saturated rings. The molecule has 110 valence electrons. The van der Waals surface area contributed by atoms with Crippen LogP contribution in [0.25, 0.3) is 11.5 Å². The Hall–Kier alpha value is -2.44. The van der Waals surface area contributed by atoms with Crippen LogP contribution in [0, 0.1) is 5.92 Å². The quantitative estimate of drug-likeness (QED) is 0.912. The van der Waals surface area contributed by atoms with Crippen LogP contribution in [0.4, 0.5) is 5.82 Å². The Balaban J connectivity index is 1.78. The number of aromatic nitrogens is 4. The van der Waals surface area contributed by atoms with Crippen LogP contribution in [-0.4, -0.2) is 43.9 Å². The number of carboxylic acid groups (broad SMARTS) is 1. The van der Waals surface area contributed by atoms with Gasteiger partial charge in [-0.05, 0) is 25.0 Å². The van der Waals surface area contributed by atoms with Crippen molar-refractivity contribution in [3.8, 4) is 11.5 Å². The largest absolute Gasteiger partial charge is 0.481 e. The van der Waals surface area contributed by atoms with Crippen LogP contribution in [-0.2, 0) is 11.8 Å². The number of piperidine rings is 1. The standard InChI is InChI=1S/C14H17N5O2/c1-18-11(2-7-16-18)13-15-6-3-12(17-13)19-8-4-10(5-9-19)14(20)21/h2-3,6-7,10H,4-5,8-9H2,1H3,(H,20,21). The summed E-state index contributed by atoms with van der Waals surface area (Å²) in [5, 5.41) is 13.2. The smallest absolute Gasteiger partial charge is 0.306 e. The summed E-state index contributed by atoms with van der Waals surface area (Å²) in [4.78, 5) is 22.0. The average Bonchev–Trinajstić information content (AvgIpc) is 2.94. The number of aliphatic carboxylic acids is 1. The summed E-state index contributed by atoms with van der Waals surface area (Å²) in [6, 6.07) is 3.73. The van der Waals surface area contributed by atoms with Gasteiger partial charge in [-0.1, -0.05) is 0 Å². The van der Waals surface area contributed by atoms with Crippen molar-refractivity contribution in [2.24, 2.45) is 13.0 Å². The van der Waals surface area contributed by atoms with Crippen LogP contribution >= 0.6 is 0 Å². The van der Waals surface area contributed by atoms with E-state index in [4.69, 9.17) is 5.11 Å². The highest BCUT2D eigenvalue weighted by Crippen LogP contribution is 2.23. The second-order valence-electron chi connectivity index (χ2n) is 5.18. The van der Waals surface area contributed by atoms with Gasteiger partial charge < -0.3 is 10.0 Å². The van der Waals surface area contributed by atoms with Crippen molar-refractivity contribution in [3.05, 3.63) is 24.5 Å². The molecular formula is C14H17N5O2. The molecule has 7 heteroatoms. The summed E-state index contributed by atoms with van der Waals surface area (Å²) in [7, 11) is 1.85. The average molecular weight is 287 g/mol. The van der Waals surface area contributed by atoms with E-state index in [-0.39, 0.29) is 5.92 Å². The van der Waals surface area contributed by atoms with Gasteiger partial charge in [-0.25, -0.2) is 9.97 Å². The first-order valence-electron chi connectivity index (χ1n) is 6.94. The third kappa shape index (κ3) is 2.72. The molecule has 1 aliphatic heterocycles. The molecule has 0 unspecified atom stereocenters. The van der Waals surface area contributed by atoms with Crippen LogP contribution in [0.5, 0.6) is 0 Å². The van der Waals surface area contributed by atoms with Gasteiger partial charge in [0.05, 0.1) is 5.92 Å². The Morgan fingerprint density at radius 2 is 2.05 bits per heavy atom. The molecule has 0 aromatic carbocycles. The van der Waals surface area contributed by atoms with Crippen LogP contribution in [0.3, 0.4) is 0 Å². The summed E-state index contributed by atoms with van der Waals surface area (Å²) in [5.74, 6) is 0.533. The Morgan fingerprint density at radius 1 is 1.29 bits per heavy atom. The lowest BCUT2D eigenvalue weighted by molar-refractivity contribution is -0.142. The molecular weight excluding hydrogens is 270 g/mol. The van der Waals surface area contributed by atoms with Crippen molar-refractivity contribution in [2.75, 3.05) is 18.0 Å². The minimum Gasteiger partial charge on any atom is -0.481 e. The molecule has 1 aliphatic rings. The fourth-order valence-electron chi connectivity index (χ4n) is 2.60.